The Morgan fingerprint density at radius 3 is 2.59 bits per heavy atom. The molecule has 17 heavy (non-hydrogen) atoms. The minimum Gasteiger partial charge on any atom is -0.353 e. The largest absolute Gasteiger partial charge is 0.353 e. The molecule has 0 unspecified atom stereocenters. The van der Waals surface area contributed by atoms with Gasteiger partial charge >= 0.3 is 0 Å². The average Bonchev–Trinajstić information content (AvgIpc) is 3.19. The highest BCUT2D eigenvalue weighted by Gasteiger charge is 2.34. The minimum atomic E-state index is 0.384. The number of hydrogen-bond donors (Lipinski definition) is 0. The average molecular weight is 271 g/mol. The second-order valence-electron chi connectivity index (χ2n) is 5.06. The van der Waals surface area contributed by atoms with Gasteiger partial charge in [-0.25, -0.2) is 4.98 Å². The van der Waals surface area contributed by atoms with Crippen molar-refractivity contribution >= 4 is 29.0 Å². The van der Waals surface area contributed by atoms with Gasteiger partial charge in [0.1, 0.15) is 5.82 Å². The van der Waals surface area contributed by atoms with Gasteiger partial charge in [-0.15, -0.1) is 11.6 Å². The van der Waals surface area contributed by atoms with Crippen LogP contribution < -0.4 is 4.90 Å². The van der Waals surface area contributed by atoms with Crippen LogP contribution in [0.25, 0.3) is 0 Å². The summed E-state index contributed by atoms with van der Waals surface area (Å²) in [5, 5.41) is 0.672. The van der Waals surface area contributed by atoms with Crippen LogP contribution in [0.2, 0.25) is 5.02 Å². The van der Waals surface area contributed by atoms with Crippen molar-refractivity contribution in [3.05, 3.63) is 22.8 Å². The molecule has 2 fully saturated rings. The number of nitrogens with zero attached hydrogens (tertiary/aromatic N) is 2. The van der Waals surface area contributed by atoms with Crippen molar-refractivity contribution in [2.45, 2.75) is 37.6 Å². The topological polar surface area (TPSA) is 16.1 Å². The molecule has 1 aromatic rings. The molecule has 0 bridgehead atoms. The van der Waals surface area contributed by atoms with E-state index in [-0.39, 0.29) is 0 Å². The highest BCUT2D eigenvalue weighted by Crippen LogP contribution is 2.37. The molecule has 2 saturated carbocycles. The summed E-state index contributed by atoms with van der Waals surface area (Å²) >= 11 is 11.9. The molecule has 2 aliphatic rings. The lowest BCUT2D eigenvalue weighted by Crippen LogP contribution is -2.29. The van der Waals surface area contributed by atoms with Crippen molar-refractivity contribution in [3.8, 4) is 0 Å². The number of anilines is 1. The summed E-state index contributed by atoms with van der Waals surface area (Å²) in [6.45, 7) is 1.15. The Kier molecular flexibility index (Phi) is 3.18. The molecule has 4 heteroatoms. The van der Waals surface area contributed by atoms with Crippen molar-refractivity contribution in [1.29, 1.82) is 0 Å². The lowest BCUT2D eigenvalue weighted by atomic mass is 10.3. The number of halogens is 2. The van der Waals surface area contributed by atoms with E-state index in [1.165, 1.54) is 25.7 Å². The highest BCUT2D eigenvalue weighted by molar-refractivity contribution is 6.32. The Balaban J connectivity index is 1.83. The molecule has 2 aliphatic carbocycles. The maximum atomic E-state index is 6.05. The van der Waals surface area contributed by atoms with Gasteiger partial charge in [0.15, 0.2) is 0 Å². The third kappa shape index (κ3) is 2.69. The van der Waals surface area contributed by atoms with Crippen LogP contribution in [0.4, 0.5) is 5.82 Å². The smallest absolute Gasteiger partial charge is 0.129 e. The molecule has 3 rings (SSSR count). The zero-order valence-electron chi connectivity index (χ0n) is 9.70. The van der Waals surface area contributed by atoms with Gasteiger partial charge in [-0.1, -0.05) is 11.6 Å². The molecule has 1 aromatic heterocycles. The van der Waals surface area contributed by atoms with E-state index in [0.717, 1.165) is 24.0 Å². The van der Waals surface area contributed by atoms with Gasteiger partial charge in [0.25, 0.3) is 0 Å². The molecular formula is C13H16Cl2N2. The first-order valence-corrected chi connectivity index (χ1v) is 7.17. The van der Waals surface area contributed by atoms with Gasteiger partial charge in [0, 0.05) is 12.6 Å². The van der Waals surface area contributed by atoms with E-state index >= 15 is 0 Å². The zero-order chi connectivity index (χ0) is 11.8. The van der Waals surface area contributed by atoms with Crippen LogP contribution in [0.5, 0.6) is 0 Å². The first-order chi connectivity index (χ1) is 8.28. The third-order valence-corrected chi connectivity index (χ3v) is 4.06. The molecule has 0 N–H and O–H groups in total. The molecule has 0 spiro atoms. The summed E-state index contributed by atoms with van der Waals surface area (Å²) in [5.74, 6) is 2.32. The van der Waals surface area contributed by atoms with Gasteiger partial charge < -0.3 is 4.90 Å². The molecule has 0 amide bonds. The lowest BCUT2D eigenvalue weighted by molar-refractivity contribution is 0.707. The fourth-order valence-electron chi connectivity index (χ4n) is 2.12. The molecule has 0 aromatic carbocycles. The van der Waals surface area contributed by atoms with Gasteiger partial charge in [0.2, 0.25) is 0 Å². The van der Waals surface area contributed by atoms with E-state index in [2.05, 4.69) is 9.88 Å². The van der Waals surface area contributed by atoms with Crippen LogP contribution in [-0.2, 0) is 5.88 Å². The fourth-order valence-corrected chi connectivity index (χ4v) is 2.57. The Bertz CT molecular complexity index is 414. The predicted octanol–water partition coefficient (Wildman–Crippen LogP) is 3.85. The Morgan fingerprint density at radius 2 is 2.00 bits per heavy atom. The molecule has 2 nitrogen and oxygen atoms in total. The van der Waals surface area contributed by atoms with E-state index in [9.17, 15) is 0 Å². The molecule has 1 heterocycles. The van der Waals surface area contributed by atoms with Crippen molar-refractivity contribution in [1.82, 2.24) is 4.98 Å². The van der Waals surface area contributed by atoms with E-state index in [0.29, 0.717) is 16.9 Å². The standard InChI is InChI=1S/C13H16Cl2N2/c14-7-12-11(15)5-6-13(16-12)17(10-3-4-10)8-9-1-2-9/h5-6,9-10H,1-4,7-8H2. The molecular weight excluding hydrogens is 255 g/mol. The number of aromatic nitrogens is 1. The maximum absolute atomic E-state index is 6.05. The third-order valence-electron chi connectivity index (χ3n) is 3.46. The van der Waals surface area contributed by atoms with Crippen molar-refractivity contribution in [3.63, 3.8) is 0 Å². The Hall–Kier alpha value is -0.470. The summed E-state index contributed by atoms with van der Waals surface area (Å²) in [7, 11) is 0. The van der Waals surface area contributed by atoms with Crippen LogP contribution >= 0.6 is 23.2 Å². The predicted molar refractivity (Wildman–Crippen MR) is 71.9 cm³/mol. The molecule has 0 saturated heterocycles. The summed E-state index contributed by atoms with van der Waals surface area (Å²) in [6, 6.07) is 4.65. The first-order valence-electron chi connectivity index (χ1n) is 6.26. The summed E-state index contributed by atoms with van der Waals surface area (Å²) in [4.78, 5) is 7.04. The van der Waals surface area contributed by atoms with Crippen LogP contribution in [0.1, 0.15) is 31.4 Å². The van der Waals surface area contributed by atoms with E-state index < -0.39 is 0 Å². The van der Waals surface area contributed by atoms with Gasteiger partial charge in [0.05, 0.1) is 16.6 Å². The van der Waals surface area contributed by atoms with Crippen molar-refractivity contribution in [2.75, 3.05) is 11.4 Å². The first kappa shape index (κ1) is 11.6. The summed E-state index contributed by atoms with van der Waals surface area (Å²) in [5.41, 5.74) is 0.798. The second kappa shape index (κ2) is 4.66. The van der Waals surface area contributed by atoms with E-state index in [4.69, 9.17) is 23.2 Å². The molecule has 0 aliphatic heterocycles. The fraction of sp³-hybridized carbons (Fsp3) is 0.615. The molecule has 0 radical (unpaired) electrons. The Morgan fingerprint density at radius 1 is 1.24 bits per heavy atom. The molecule has 0 atom stereocenters. The van der Waals surface area contributed by atoms with Gasteiger partial charge in [-0.05, 0) is 43.7 Å². The SMILES string of the molecule is ClCc1nc(N(CC2CC2)C2CC2)ccc1Cl. The number of alkyl halides is 1. The second-order valence-corrected chi connectivity index (χ2v) is 5.73. The minimum absolute atomic E-state index is 0.384. The lowest BCUT2D eigenvalue weighted by Gasteiger charge is -2.24. The summed E-state index contributed by atoms with van der Waals surface area (Å²) in [6.07, 6.45) is 5.35. The number of hydrogen-bond acceptors (Lipinski definition) is 2. The number of rotatable bonds is 5. The van der Waals surface area contributed by atoms with Crippen LogP contribution in [0.3, 0.4) is 0 Å². The van der Waals surface area contributed by atoms with Gasteiger partial charge in [-0.2, -0.15) is 0 Å². The van der Waals surface area contributed by atoms with Crippen LogP contribution in [-0.4, -0.2) is 17.6 Å². The van der Waals surface area contributed by atoms with Crippen LogP contribution in [0, 0.1) is 5.92 Å². The van der Waals surface area contributed by atoms with Crippen molar-refractivity contribution in [2.24, 2.45) is 5.92 Å². The Labute approximate surface area is 112 Å². The quantitative estimate of drug-likeness (QED) is 0.756. The van der Waals surface area contributed by atoms with Gasteiger partial charge in [-0.3, -0.25) is 0 Å². The van der Waals surface area contributed by atoms with E-state index in [1.807, 2.05) is 12.1 Å². The maximum Gasteiger partial charge on any atom is 0.129 e. The monoisotopic (exact) mass is 270 g/mol. The normalized spacial score (nSPS) is 19.4. The van der Waals surface area contributed by atoms with Crippen LogP contribution in [0.15, 0.2) is 12.1 Å². The van der Waals surface area contributed by atoms with E-state index in [1.54, 1.807) is 0 Å². The zero-order valence-corrected chi connectivity index (χ0v) is 11.2. The highest BCUT2D eigenvalue weighted by atomic mass is 35.5. The molecule has 92 valence electrons. The van der Waals surface area contributed by atoms with Crippen molar-refractivity contribution < 1.29 is 0 Å². The number of pyridine rings is 1. The summed E-state index contributed by atoms with van der Waals surface area (Å²) < 4.78 is 0.